The van der Waals surface area contributed by atoms with Crippen LogP contribution in [-0.4, -0.2) is 57.1 Å². The van der Waals surface area contributed by atoms with Crippen molar-refractivity contribution in [3.63, 3.8) is 0 Å². The molecule has 3 rings (SSSR count). The van der Waals surface area contributed by atoms with E-state index in [0.29, 0.717) is 5.92 Å². The standard InChI is InChI=1S/C22H32N2O2.2ClH/c1-25-18-6-3-7-19-26-22(24-16-14-23-15-17-24)12-10-21(11-13-22)20-8-4-2-5-9-20;;/h2,4-5,8-13,21,23H,3,6-7,14-19H2,1H3;2*1H. The number of allylic oxidation sites excluding steroid dienone is 2. The van der Waals surface area contributed by atoms with Crippen molar-refractivity contribution >= 4 is 24.8 Å². The SMILES string of the molecule is COCCCCCOC1(N2CCNCC2)C=CC(c2ccccc2)C=C1.Cl.Cl. The molecule has 1 aromatic carbocycles. The quantitative estimate of drug-likeness (QED) is 0.472. The molecule has 4 nitrogen and oxygen atoms in total. The summed E-state index contributed by atoms with van der Waals surface area (Å²) in [5, 5.41) is 3.44. The second-order valence-corrected chi connectivity index (χ2v) is 7.05. The highest BCUT2D eigenvalue weighted by Gasteiger charge is 2.35. The number of benzene rings is 1. The van der Waals surface area contributed by atoms with E-state index in [2.05, 4.69) is 64.9 Å². The highest BCUT2D eigenvalue weighted by Crippen LogP contribution is 2.31. The second kappa shape index (κ2) is 13.4. The van der Waals surface area contributed by atoms with E-state index in [4.69, 9.17) is 9.47 Å². The van der Waals surface area contributed by atoms with E-state index < -0.39 is 5.72 Å². The first-order chi connectivity index (χ1) is 12.8. The number of halogens is 2. The van der Waals surface area contributed by atoms with Gasteiger partial charge in [0.25, 0.3) is 0 Å². The van der Waals surface area contributed by atoms with Gasteiger partial charge in [-0.3, -0.25) is 4.90 Å². The molecule has 1 heterocycles. The third-order valence-corrected chi connectivity index (χ3v) is 5.21. The summed E-state index contributed by atoms with van der Waals surface area (Å²) in [6.45, 7) is 5.66. The summed E-state index contributed by atoms with van der Waals surface area (Å²) in [5.74, 6) is 0.331. The first-order valence-corrected chi connectivity index (χ1v) is 9.86. The zero-order valence-corrected chi connectivity index (χ0v) is 18.4. The number of hydrogen-bond acceptors (Lipinski definition) is 4. The molecular weight excluding hydrogens is 395 g/mol. The highest BCUT2D eigenvalue weighted by atomic mass is 35.5. The topological polar surface area (TPSA) is 33.7 Å². The normalized spacial score (nSPS) is 24.4. The van der Waals surface area contributed by atoms with Gasteiger partial charge in [-0.1, -0.05) is 42.5 Å². The minimum Gasteiger partial charge on any atom is -0.385 e. The van der Waals surface area contributed by atoms with Gasteiger partial charge >= 0.3 is 0 Å². The lowest BCUT2D eigenvalue weighted by atomic mass is 9.91. The van der Waals surface area contributed by atoms with Crippen LogP contribution >= 0.6 is 24.8 Å². The molecule has 1 saturated heterocycles. The average molecular weight is 429 g/mol. The number of nitrogens with one attached hydrogen (secondary N) is 1. The Morgan fingerprint density at radius 3 is 2.25 bits per heavy atom. The van der Waals surface area contributed by atoms with E-state index in [1.165, 1.54) is 5.56 Å². The molecule has 0 spiro atoms. The summed E-state index contributed by atoms with van der Waals surface area (Å²) < 4.78 is 11.6. The maximum absolute atomic E-state index is 6.46. The summed E-state index contributed by atoms with van der Waals surface area (Å²) >= 11 is 0. The van der Waals surface area contributed by atoms with Crippen molar-refractivity contribution in [1.82, 2.24) is 10.2 Å². The maximum Gasteiger partial charge on any atom is 0.160 e. The summed E-state index contributed by atoms with van der Waals surface area (Å²) in [4.78, 5) is 2.45. The number of ether oxygens (including phenoxy) is 2. The monoisotopic (exact) mass is 428 g/mol. The highest BCUT2D eigenvalue weighted by molar-refractivity contribution is 5.85. The van der Waals surface area contributed by atoms with E-state index >= 15 is 0 Å². The summed E-state index contributed by atoms with van der Waals surface area (Å²) in [6, 6.07) is 10.6. The van der Waals surface area contributed by atoms with E-state index in [1.54, 1.807) is 7.11 Å². The number of unbranched alkanes of at least 4 members (excludes halogenated alkanes) is 2. The number of hydrogen-bond donors (Lipinski definition) is 1. The van der Waals surface area contributed by atoms with Crippen LogP contribution in [0.25, 0.3) is 0 Å². The predicted molar refractivity (Wildman–Crippen MR) is 121 cm³/mol. The van der Waals surface area contributed by atoms with E-state index in [-0.39, 0.29) is 24.8 Å². The summed E-state index contributed by atoms with van der Waals surface area (Å²) in [6.07, 6.45) is 12.4. The van der Waals surface area contributed by atoms with Crippen LogP contribution in [0.3, 0.4) is 0 Å². The smallest absolute Gasteiger partial charge is 0.160 e. The number of piperazine rings is 1. The third-order valence-electron chi connectivity index (χ3n) is 5.21. The fraction of sp³-hybridized carbons (Fsp3) is 0.545. The van der Waals surface area contributed by atoms with Crippen LogP contribution in [0.5, 0.6) is 0 Å². The van der Waals surface area contributed by atoms with Gasteiger partial charge in [0.15, 0.2) is 5.72 Å². The van der Waals surface area contributed by atoms with Crippen LogP contribution in [0.4, 0.5) is 0 Å². The van der Waals surface area contributed by atoms with Gasteiger partial charge in [-0.2, -0.15) is 0 Å². The van der Waals surface area contributed by atoms with Crippen LogP contribution in [0.2, 0.25) is 0 Å². The Hall–Kier alpha value is -0.880. The minimum atomic E-state index is -0.394. The van der Waals surface area contributed by atoms with Gasteiger partial charge in [-0.15, -0.1) is 24.8 Å². The second-order valence-electron chi connectivity index (χ2n) is 7.05. The zero-order valence-electron chi connectivity index (χ0n) is 16.7. The molecule has 1 N–H and O–H groups in total. The van der Waals surface area contributed by atoms with Crippen molar-refractivity contribution in [2.45, 2.75) is 30.9 Å². The van der Waals surface area contributed by atoms with E-state index in [0.717, 1.165) is 58.7 Å². The molecular formula is C22H34Cl2N2O2. The predicted octanol–water partition coefficient (Wildman–Crippen LogP) is 4.17. The molecule has 1 aromatic rings. The van der Waals surface area contributed by atoms with Gasteiger partial charge in [0, 0.05) is 52.4 Å². The van der Waals surface area contributed by atoms with Crippen molar-refractivity contribution in [2.75, 3.05) is 46.5 Å². The van der Waals surface area contributed by atoms with Crippen LogP contribution < -0.4 is 5.32 Å². The summed E-state index contributed by atoms with van der Waals surface area (Å²) in [7, 11) is 1.76. The van der Waals surface area contributed by atoms with Crippen LogP contribution in [0, 0.1) is 0 Å². The maximum atomic E-state index is 6.46. The van der Waals surface area contributed by atoms with Crippen LogP contribution in [0.15, 0.2) is 54.6 Å². The number of rotatable bonds is 9. The van der Waals surface area contributed by atoms with Crippen molar-refractivity contribution in [3.05, 3.63) is 60.2 Å². The molecule has 0 aromatic heterocycles. The average Bonchev–Trinajstić information content (AvgIpc) is 2.72. The fourth-order valence-electron chi connectivity index (χ4n) is 3.67. The van der Waals surface area contributed by atoms with E-state index in [9.17, 15) is 0 Å². The lowest BCUT2D eigenvalue weighted by molar-refractivity contribution is -0.0941. The van der Waals surface area contributed by atoms with Crippen molar-refractivity contribution in [3.8, 4) is 0 Å². The molecule has 158 valence electrons. The molecule has 0 amide bonds. The Labute approximate surface area is 182 Å². The molecule has 2 aliphatic rings. The summed E-state index contributed by atoms with van der Waals surface area (Å²) in [5.41, 5.74) is 0.933. The van der Waals surface area contributed by atoms with Gasteiger partial charge in [-0.05, 0) is 37.0 Å². The largest absolute Gasteiger partial charge is 0.385 e. The van der Waals surface area contributed by atoms with Gasteiger partial charge in [0.05, 0.1) is 0 Å². The molecule has 0 radical (unpaired) electrons. The lowest BCUT2D eigenvalue weighted by Gasteiger charge is -2.43. The van der Waals surface area contributed by atoms with Crippen molar-refractivity contribution < 1.29 is 9.47 Å². The van der Waals surface area contributed by atoms with Gasteiger partial charge in [-0.25, -0.2) is 0 Å². The first kappa shape index (κ1) is 25.2. The van der Waals surface area contributed by atoms with E-state index in [1.807, 2.05) is 0 Å². The molecule has 6 heteroatoms. The molecule has 0 unspecified atom stereocenters. The molecule has 1 aliphatic heterocycles. The van der Waals surface area contributed by atoms with Crippen LogP contribution in [0.1, 0.15) is 30.7 Å². The van der Waals surface area contributed by atoms with Crippen molar-refractivity contribution in [1.29, 1.82) is 0 Å². The Bertz CT molecular complexity index is 575. The molecule has 0 bridgehead atoms. The lowest BCUT2D eigenvalue weighted by Crippen LogP contribution is -2.56. The third kappa shape index (κ3) is 6.87. The van der Waals surface area contributed by atoms with Gasteiger partial charge in [0.2, 0.25) is 0 Å². The fourth-order valence-corrected chi connectivity index (χ4v) is 3.67. The molecule has 0 atom stereocenters. The molecule has 1 fully saturated rings. The zero-order chi connectivity index (χ0) is 18.1. The number of methoxy groups -OCH3 is 1. The molecule has 0 saturated carbocycles. The Morgan fingerprint density at radius 1 is 0.964 bits per heavy atom. The number of nitrogens with zero attached hydrogens (tertiary/aromatic N) is 1. The molecule has 28 heavy (non-hydrogen) atoms. The molecule has 1 aliphatic carbocycles. The van der Waals surface area contributed by atoms with Gasteiger partial charge in [0.1, 0.15) is 0 Å². The Balaban J connectivity index is 0.00000196. The minimum absolute atomic E-state index is 0. The van der Waals surface area contributed by atoms with Crippen molar-refractivity contribution in [2.24, 2.45) is 0 Å². The Morgan fingerprint density at radius 2 is 1.61 bits per heavy atom. The first-order valence-electron chi connectivity index (χ1n) is 9.86. The Kier molecular flexibility index (Phi) is 12.0. The van der Waals surface area contributed by atoms with Crippen LogP contribution in [-0.2, 0) is 9.47 Å². The van der Waals surface area contributed by atoms with Gasteiger partial charge < -0.3 is 14.8 Å².